The zero-order valence-corrected chi connectivity index (χ0v) is 33.5. The molecule has 0 spiro atoms. The van der Waals surface area contributed by atoms with Gasteiger partial charge in [0.05, 0.1) is 17.2 Å². The van der Waals surface area contributed by atoms with Gasteiger partial charge in [-0.3, -0.25) is 52.7 Å². The monoisotopic (exact) mass is 918 g/mol. The molecule has 0 unspecified atom stereocenters. The van der Waals surface area contributed by atoms with E-state index in [1.165, 1.54) is 0 Å². The van der Waals surface area contributed by atoms with Crippen LogP contribution in [-0.2, 0) is 60.4 Å². The summed E-state index contributed by atoms with van der Waals surface area (Å²) in [7, 11) is -9.79. The summed E-state index contributed by atoms with van der Waals surface area (Å²) in [6.45, 7) is -1.81. The number of carbonyl (C=O) groups is 8. The number of hydrogen-bond acceptors (Lipinski definition) is 18. The molecule has 0 fully saturated rings. The van der Waals surface area contributed by atoms with Crippen molar-refractivity contribution in [2.75, 3.05) is 26.2 Å². The number of phosphoric acid groups is 2. The molecule has 0 atom stereocenters. The molecule has 62 heavy (non-hydrogen) atoms. The smallest absolute Gasteiger partial charge is 0.358 e. The minimum Gasteiger partial charge on any atom is -0.358 e. The van der Waals surface area contributed by atoms with E-state index in [2.05, 4.69) is 29.9 Å². The lowest BCUT2D eigenvalue weighted by Gasteiger charge is -2.13. The van der Waals surface area contributed by atoms with Gasteiger partial charge in [0, 0.05) is 76.2 Å². The highest BCUT2D eigenvalue weighted by molar-refractivity contribution is 7.46. The molecular weight excluding hydrogens is 882 g/mol. The molecule has 30 nitrogen and oxygen atoms in total. The number of amides is 6. The van der Waals surface area contributed by atoms with Crippen molar-refractivity contribution >= 4 is 74.3 Å². The highest BCUT2D eigenvalue weighted by Gasteiger charge is 2.28. The molecule has 2 aliphatic rings. The van der Waals surface area contributed by atoms with Gasteiger partial charge in [0.15, 0.2) is 24.0 Å². The van der Waals surface area contributed by atoms with Crippen LogP contribution in [0, 0.1) is 20.2 Å². The number of nitrogens with one attached hydrogen (secondary N) is 2. The van der Waals surface area contributed by atoms with Gasteiger partial charge in [0.1, 0.15) is 5.69 Å². The standard InChI is InChI=1S/2C15H18N5O10P/c21-11(10-8-12(20(25)26)17-19(10)9-30-31(27,28)29)2-1-6-16-13(22)5-7-18-14(23)3-4-15(18)24;21-11(10-8-13(20(25)26)19(17-10)9-30-31(27,28)29)2-1-6-16-12(22)5-7-18-14(23)3-4-15(18)24/h2*3-4,8H,1-2,5-7,9H2,(H,16,22)(H2,27,28,29). The molecule has 336 valence electrons. The Kier molecular flexibility index (Phi) is 18.0. The number of imide groups is 2. The SMILES string of the molecule is O=C(CCN1C(=O)C=CC1=O)NCCCC(=O)c1cc([N+](=O)[O-])n(COP(=O)(O)O)n1.O=C(CCN1C(=O)C=CC1=O)NCCCC(=O)c1cc([N+](=O)[O-])nn1COP(=O)(O)O. The molecule has 2 aliphatic heterocycles. The summed E-state index contributed by atoms with van der Waals surface area (Å²) >= 11 is 0. The molecule has 0 aromatic carbocycles. The van der Waals surface area contributed by atoms with Crippen LogP contribution >= 0.6 is 15.6 Å². The van der Waals surface area contributed by atoms with Crippen LogP contribution in [0.15, 0.2) is 36.4 Å². The molecule has 0 saturated carbocycles. The van der Waals surface area contributed by atoms with E-state index in [0.29, 0.717) is 9.36 Å². The van der Waals surface area contributed by atoms with Gasteiger partial charge in [-0.05, 0) is 22.7 Å². The van der Waals surface area contributed by atoms with Crippen molar-refractivity contribution in [1.82, 2.24) is 40.0 Å². The van der Waals surface area contributed by atoms with Crippen molar-refractivity contribution in [2.24, 2.45) is 0 Å². The normalized spacial score (nSPS) is 13.7. The van der Waals surface area contributed by atoms with Crippen molar-refractivity contribution in [2.45, 2.75) is 52.0 Å². The van der Waals surface area contributed by atoms with Crippen molar-refractivity contribution in [3.05, 3.63) is 68.1 Å². The fraction of sp³-hybridized carbons (Fsp3) is 0.400. The van der Waals surface area contributed by atoms with Crippen molar-refractivity contribution in [3.8, 4) is 0 Å². The molecule has 0 saturated heterocycles. The summed E-state index contributed by atoms with van der Waals surface area (Å²) in [6.07, 6.45) is 4.23. The molecule has 0 bridgehead atoms. The quantitative estimate of drug-likeness (QED) is 0.0174. The van der Waals surface area contributed by atoms with Crippen LogP contribution in [0.2, 0.25) is 0 Å². The largest absolute Gasteiger partial charge is 0.472 e. The van der Waals surface area contributed by atoms with Gasteiger partial charge in [0.2, 0.25) is 18.5 Å². The van der Waals surface area contributed by atoms with Crippen LogP contribution in [0.4, 0.5) is 11.6 Å². The fourth-order valence-corrected chi connectivity index (χ4v) is 5.50. The van der Waals surface area contributed by atoms with E-state index in [4.69, 9.17) is 19.6 Å². The number of rotatable bonds is 24. The summed E-state index contributed by atoms with van der Waals surface area (Å²) in [6, 6.07) is 1.70. The second-order valence-electron chi connectivity index (χ2n) is 12.4. The Morgan fingerprint density at radius 3 is 1.50 bits per heavy atom. The number of phosphoric ester groups is 2. The number of nitrogens with zero attached hydrogens (tertiary/aromatic N) is 8. The maximum atomic E-state index is 12.3. The first-order chi connectivity index (χ1) is 29.0. The first-order valence-corrected chi connectivity index (χ1v) is 20.5. The fourth-order valence-electron chi connectivity index (χ4n) is 4.98. The van der Waals surface area contributed by atoms with E-state index < -0.39 is 97.6 Å². The minimum absolute atomic E-state index is 0.0694. The van der Waals surface area contributed by atoms with Crippen molar-refractivity contribution in [1.29, 1.82) is 0 Å². The summed E-state index contributed by atoms with van der Waals surface area (Å²) < 4.78 is 31.1. The second-order valence-corrected chi connectivity index (χ2v) is 14.8. The number of aromatic nitrogens is 4. The van der Waals surface area contributed by atoms with Gasteiger partial charge in [-0.1, -0.05) is 5.10 Å². The maximum absolute atomic E-state index is 12.3. The molecule has 4 heterocycles. The maximum Gasteiger partial charge on any atom is 0.472 e. The predicted molar refractivity (Wildman–Crippen MR) is 198 cm³/mol. The number of hydrogen-bond donors (Lipinski definition) is 6. The van der Waals surface area contributed by atoms with E-state index in [1.807, 2.05) is 0 Å². The van der Waals surface area contributed by atoms with E-state index in [-0.39, 0.29) is 76.1 Å². The number of nitro groups is 2. The average Bonchev–Trinajstić information content (AvgIpc) is 3.97. The predicted octanol–water partition coefficient (Wildman–Crippen LogP) is -1.50. The highest BCUT2D eigenvalue weighted by atomic mass is 31.2. The Labute approximate surface area is 346 Å². The molecule has 6 N–H and O–H groups in total. The summed E-state index contributed by atoms with van der Waals surface area (Å²) in [5, 5.41) is 34.0. The molecule has 0 radical (unpaired) electrons. The lowest BCUT2D eigenvalue weighted by molar-refractivity contribution is -0.393. The molecule has 2 aromatic heterocycles. The number of ketones is 2. The van der Waals surface area contributed by atoms with E-state index in [1.54, 1.807) is 0 Å². The molecule has 4 rings (SSSR count). The van der Waals surface area contributed by atoms with E-state index in [0.717, 1.165) is 46.2 Å². The third kappa shape index (κ3) is 16.2. The molecule has 6 amide bonds. The molecule has 0 aliphatic carbocycles. The van der Waals surface area contributed by atoms with Crippen LogP contribution in [0.3, 0.4) is 0 Å². The average molecular weight is 919 g/mol. The van der Waals surface area contributed by atoms with Gasteiger partial charge < -0.3 is 50.4 Å². The van der Waals surface area contributed by atoms with E-state index >= 15 is 0 Å². The molecule has 32 heteroatoms. The molecule has 2 aromatic rings. The Morgan fingerprint density at radius 2 is 1.08 bits per heavy atom. The number of carbonyl (C=O) groups excluding carboxylic acids is 8. The summed E-state index contributed by atoms with van der Waals surface area (Å²) in [4.78, 5) is 150. The van der Waals surface area contributed by atoms with Crippen LogP contribution in [0.25, 0.3) is 0 Å². The third-order valence-corrected chi connectivity index (χ3v) is 8.80. The minimum atomic E-state index is -4.90. The lowest BCUT2D eigenvalue weighted by Crippen LogP contribution is -2.35. The van der Waals surface area contributed by atoms with Crippen molar-refractivity contribution in [3.63, 3.8) is 0 Å². The second kappa shape index (κ2) is 22.4. The van der Waals surface area contributed by atoms with Crippen molar-refractivity contribution < 1.29 is 86.0 Å². The van der Waals surface area contributed by atoms with Gasteiger partial charge in [-0.2, -0.15) is 0 Å². The zero-order valence-electron chi connectivity index (χ0n) is 31.7. The lowest BCUT2D eigenvalue weighted by atomic mass is 10.1. The Hall–Kier alpha value is -6.52. The third-order valence-electron chi connectivity index (χ3n) is 7.90. The van der Waals surface area contributed by atoms with E-state index in [9.17, 15) is 67.7 Å². The van der Waals surface area contributed by atoms with Gasteiger partial charge >= 0.3 is 27.3 Å². The van der Waals surface area contributed by atoms with Crippen LogP contribution in [0.1, 0.15) is 59.5 Å². The van der Waals surface area contributed by atoms with Gasteiger partial charge in [0.25, 0.3) is 23.6 Å². The Bertz CT molecular complexity index is 2240. The Morgan fingerprint density at radius 1 is 0.645 bits per heavy atom. The van der Waals surface area contributed by atoms with Gasteiger partial charge in [-0.15, -0.1) is 9.36 Å². The topological polar surface area (TPSA) is 423 Å². The van der Waals surface area contributed by atoms with Crippen LogP contribution in [-0.4, -0.2) is 132 Å². The summed E-state index contributed by atoms with van der Waals surface area (Å²) in [5.74, 6) is -5.49. The van der Waals surface area contributed by atoms with Gasteiger partial charge in [-0.25, -0.2) is 13.7 Å². The summed E-state index contributed by atoms with van der Waals surface area (Å²) in [5.41, 5.74) is -0.587. The van der Waals surface area contributed by atoms with Crippen LogP contribution in [0.5, 0.6) is 0 Å². The van der Waals surface area contributed by atoms with Crippen LogP contribution < -0.4 is 10.6 Å². The Balaban J connectivity index is 0.000000330. The molecular formula is C30H36N10O20P2. The first kappa shape index (κ1) is 49.8. The zero-order chi connectivity index (χ0) is 46.4. The highest BCUT2D eigenvalue weighted by Crippen LogP contribution is 2.37. The number of Topliss-reactive ketones (excluding diaryl/α,β-unsaturated/α-hetero) is 2. The first-order valence-electron chi connectivity index (χ1n) is 17.5.